The van der Waals surface area contributed by atoms with Gasteiger partial charge in [0.05, 0.1) is 11.3 Å². The number of carbonyl (C=O) groups is 2. The van der Waals surface area contributed by atoms with Crippen LogP contribution in [0.1, 0.15) is 15.9 Å². The zero-order valence-electron chi connectivity index (χ0n) is 9.40. The van der Waals surface area contributed by atoms with E-state index in [0.717, 1.165) is 5.56 Å². The van der Waals surface area contributed by atoms with Crippen LogP contribution < -0.4 is 5.32 Å². The van der Waals surface area contributed by atoms with E-state index >= 15 is 0 Å². The lowest BCUT2D eigenvalue weighted by molar-refractivity contribution is 0.0698. The number of nitrogens with one attached hydrogen (secondary N) is 1. The molecule has 1 aromatic rings. The lowest BCUT2D eigenvalue weighted by Gasteiger charge is -2.08. The van der Waals surface area contributed by atoms with Crippen LogP contribution in [-0.4, -0.2) is 23.8 Å². The number of aromatic carboxylic acids is 1. The molecule has 1 aromatic carbocycles. The highest BCUT2D eigenvalue weighted by molar-refractivity contribution is 5.98. The smallest absolute Gasteiger partial charge is 0.411 e. The first-order valence-corrected chi connectivity index (χ1v) is 4.93. The van der Waals surface area contributed by atoms with Crippen molar-refractivity contribution in [3.05, 3.63) is 42.0 Å². The largest absolute Gasteiger partial charge is 0.478 e. The van der Waals surface area contributed by atoms with Crippen LogP contribution in [0.25, 0.3) is 0 Å². The highest BCUT2D eigenvalue weighted by Gasteiger charge is 2.12. The van der Waals surface area contributed by atoms with Crippen molar-refractivity contribution in [2.75, 3.05) is 11.9 Å². The van der Waals surface area contributed by atoms with Crippen LogP contribution in [-0.2, 0) is 4.74 Å². The Hall–Kier alpha value is -2.30. The molecule has 1 amide bonds. The van der Waals surface area contributed by atoms with E-state index in [-0.39, 0.29) is 17.9 Å². The van der Waals surface area contributed by atoms with E-state index in [0.29, 0.717) is 0 Å². The third-order valence-electron chi connectivity index (χ3n) is 1.97. The van der Waals surface area contributed by atoms with E-state index in [1.54, 1.807) is 13.0 Å². The quantitative estimate of drug-likeness (QED) is 0.786. The standard InChI is InChI=1S/C12H13NO4/c1-3-6-17-12(16)13-10-5-4-8(2)7-9(10)11(14)15/h3-5,7H,1,6H2,2H3,(H,13,16)(H,14,15). The Morgan fingerprint density at radius 2 is 2.24 bits per heavy atom. The Bertz CT molecular complexity index is 454. The van der Waals surface area contributed by atoms with Crippen LogP contribution in [0, 0.1) is 6.92 Å². The molecular formula is C12H13NO4. The van der Waals surface area contributed by atoms with E-state index in [9.17, 15) is 9.59 Å². The molecule has 0 bridgehead atoms. The van der Waals surface area contributed by atoms with Gasteiger partial charge in [0.1, 0.15) is 6.61 Å². The van der Waals surface area contributed by atoms with Crippen LogP contribution in [0.2, 0.25) is 0 Å². The number of benzene rings is 1. The summed E-state index contributed by atoms with van der Waals surface area (Å²) in [6, 6.07) is 4.70. The van der Waals surface area contributed by atoms with Crippen molar-refractivity contribution < 1.29 is 19.4 Å². The maximum Gasteiger partial charge on any atom is 0.411 e. The summed E-state index contributed by atoms with van der Waals surface area (Å²) in [6.07, 6.45) is 0.712. The number of carbonyl (C=O) groups excluding carboxylic acids is 1. The third kappa shape index (κ3) is 3.64. The van der Waals surface area contributed by atoms with Crippen LogP contribution in [0.5, 0.6) is 0 Å². The first kappa shape index (κ1) is 12.8. The van der Waals surface area contributed by atoms with Crippen LogP contribution in [0.3, 0.4) is 0 Å². The fourth-order valence-electron chi connectivity index (χ4n) is 1.22. The molecule has 0 atom stereocenters. The summed E-state index contributed by atoms with van der Waals surface area (Å²) in [7, 11) is 0. The minimum atomic E-state index is -1.10. The Labute approximate surface area is 98.7 Å². The molecule has 90 valence electrons. The molecule has 5 heteroatoms. The molecule has 5 nitrogen and oxygen atoms in total. The van der Waals surface area contributed by atoms with Crippen LogP contribution in [0.4, 0.5) is 10.5 Å². The molecule has 0 fully saturated rings. The second-order valence-corrected chi connectivity index (χ2v) is 3.37. The Balaban J connectivity index is 2.86. The van der Waals surface area contributed by atoms with Gasteiger partial charge < -0.3 is 9.84 Å². The first-order valence-electron chi connectivity index (χ1n) is 4.93. The summed E-state index contributed by atoms with van der Waals surface area (Å²) in [4.78, 5) is 22.2. The number of carboxylic acids is 1. The lowest BCUT2D eigenvalue weighted by atomic mass is 10.1. The maximum atomic E-state index is 11.3. The van der Waals surface area contributed by atoms with Crippen molar-refractivity contribution in [2.24, 2.45) is 0 Å². The van der Waals surface area contributed by atoms with Gasteiger partial charge >= 0.3 is 12.1 Å². The molecule has 0 heterocycles. The predicted octanol–water partition coefficient (Wildman–Crippen LogP) is 2.43. The van der Waals surface area contributed by atoms with Crippen LogP contribution in [0.15, 0.2) is 30.9 Å². The number of anilines is 1. The monoisotopic (exact) mass is 235 g/mol. The van der Waals surface area contributed by atoms with Gasteiger partial charge in [0, 0.05) is 0 Å². The summed E-state index contributed by atoms with van der Waals surface area (Å²) >= 11 is 0. The zero-order chi connectivity index (χ0) is 12.8. The van der Waals surface area contributed by atoms with Gasteiger partial charge in [-0.15, -0.1) is 0 Å². The number of carboxylic acid groups (broad SMARTS) is 1. The molecule has 17 heavy (non-hydrogen) atoms. The summed E-state index contributed by atoms with van der Waals surface area (Å²) in [5.74, 6) is -1.10. The molecule has 2 N–H and O–H groups in total. The van der Waals surface area contributed by atoms with Crippen molar-refractivity contribution in [2.45, 2.75) is 6.92 Å². The zero-order valence-corrected chi connectivity index (χ0v) is 9.40. The molecule has 0 unspecified atom stereocenters. The summed E-state index contributed by atoms with van der Waals surface area (Å²) in [5.41, 5.74) is 1.03. The molecular weight excluding hydrogens is 222 g/mol. The second kappa shape index (κ2) is 5.69. The average Bonchev–Trinajstić information content (AvgIpc) is 2.28. The van der Waals surface area contributed by atoms with E-state index in [1.165, 1.54) is 18.2 Å². The van der Waals surface area contributed by atoms with Crippen molar-refractivity contribution in [3.8, 4) is 0 Å². The summed E-state index contributed by atoms with van der Waals surface area (Å²) < 4.78 is 4.70. The normalized spacial score (nSPS) is 9.47. The molecule has 0 radical (unpaired) electrons. The minimum Gasteiger partial charge on any atom is -0.478 e. The highest BCUT2D eigenvalue weighted by Crippen LogP contribution is 2.17. The van der Waals surface area contributed by atoms with Crippen LogP contribution >= 0.6 is 0 Å². The fraction of sp³-hybridized carbons (Fsp3) is 0.167. The van der Waals surface area contributed by atoms with Gasteiger partial charge in [0.15, 0.2) is 0 Å². The van der Waals surface area contributed by atoms with Crippen molar-refractivity contribution in [3.63, 3.8) is 0 Å². The average molecular weight is 235 g/mol. The predicted molar refractivity (Wildman–Crippen MR) is 63.3 cm³/mol. The van der Waals surface area contributed by atoms with Gasteiger partial charge in [0.25, 0.3) is 0 Å². The molecule has 0 saturated heterocycles. The first-order chi connectivity index (χ1) is 8.04. The summed E-state index contributed by atoms with van der Waals surface area (Å²) in [6.45, 7) is 5.24. The number of ether oxygens (including phenoxy) is 1. The van der Waals surface area contributed by atoms with E-state index in [2.05, 4.69) is 11.9 Å². The molecule has 0 saturated carbocycles. The second-order valence-electron chi connectivity index (χ2n) is 3.37. The summed E-state index contributed by atoms with van der Waals surface area (Å²) in [5, 5.41) is 11.3. The molecule has 1 rings (SSSR count). The number of amides is 1. The maximum absolute atomic E-state index is 11.3. The Morgan fingerprint density at radius 1 is 1.53 bits per heavy atom. The third-order valence-corrected chi connectivity index (χ3v) is 1.97. The lowest BCUT2D eigenvalue weighted by Crippen LogP contribution is -2.16. The van der Waals surface area contributed by atoms with Crippen molar-refractivity contribution >= 4 is 17.7 Å². The molecule has 0 spiro atoms. The van der Waals surface area contributed by atoms with E-state index in [1.807, 2.05) is 0 Å². The molecule has 0 aliphatic carbocycles. The van der Waals surface area contributed by atoms with Crippen molar-refractivity contribution in [1.82, 2.24) is 0 Å². The fourth-order valence-corrected chi connectivity index (χ4v) is 1.22. The number of hydrogen-bond donors (Lipinski definition) is 2. The minimum absolute atomic E-state index is 0.0283. The molecule has 0 aliphatic rings. The van der Waals surface area contributed by atoms with Gasteiger partial charge in [-0.25, -0.2) is 9.59 Å². The Morgan fingerprint density at radius 3 is 2.82 bits per heavy atom. The molecule has 0 aromatic heterocycles. The van der Waals surface area contributed by atoms with Gasteiger partial charge in [-0.05, 0) is 19.1 Å². The van der Waals surface area contributed by atoms with Gasteiger partial charge in [-0.1, -0.05) is 24.3 Å². The topological polar surface area (TPSA) is 75.6 Å². The van der Waals surface area contributed by atoms with E-state index in [4.69, 9.17) is 9.84 Å². The number of aryl methyl sites for hydroxylation is 1. The highest BCUT2D eigenvalue weighted by atomic mass is 16.5. The SMILES string of the molecule is C=CCOC(=O)Nc1ccc(C)cc1C(=O)O. The number of hydrogen-bond acceptors (Lipinski definition) is 3. The number of rotatable bonds is 4. The van der Waals surface area contributed by atoms with Gasteiger partial charge in [0.2, 0.25) is 0 Å². The van der Waals surface area contributed by atoms with Gasteiger partial charge in [-0.2, -0.15) is 0 Å². The molecule has 0 aliphatic heterocycles. The Kier molecular flexibility index (Phi) is 4.28. The van der Waals surface area contributed by atoms with Gasteiger partial charge in [-0.3, -0.25) is 5.32 Å². The van der Waals surface area contributed by atoms with Crippen molar-refractivity contribution in [1.29, 1.82) is 0 Å². The van der Waals surface area contributed by atoms with E-state index < -0.39 is 12.1 Å².